The first-order valence-electron chi connectivity index (χ1n) is 17.4. The number of aromatic nitrogens is 4. The molecule has 4 aromatic heterocycles. The van der Waals surface area contributed by atoms with Gasteiger partial charge in [0.2, 0.25) is 0 Å². The summed E-state index contributed by atoms with van der Waals surface area (Å²) in [5.74, 6) is -0.220. The van der Waals surface area contributed by atoms with Gasteiger partial charge in [-0.1, -0.05) is 55.4 Å². The molecule has 0 aromatic carbocycles. The van der Waals surface area contributed by atoms with E-state index in [1.165, 1.54) is 50.0 Å². The molecule has 5 rings (SSSR count). The Bertz CT molecular complexity index is 1900. The van der Waals surface area contributed by atoms with Gasteiger partial charge in [0, 0.05) is 27.6 Å². The van der Waals surface area contributed by atoms with E-state index < -0.39 is 0 Å². The van der Waals surface area contributed by atoms with Crippen LogP contribution in [-0.4, -0.2) is 32.1 Å². The maximum Gasteiger partial charge on any atom is 0.325 e. The second-order valence-electron chi connectivity index (χ2n) is 12.0. The minimum atomic E-state index is -0.220. The highest BCUT2D eigenvalue weighted by molar-refractivity contribution is 5.99. The fourth-order valence-corrected chi connectivity index (χ4v) is 7.87. The summed E-state index contributed by atoms with van der Waals surface area (Å²) in [6.07, 6.45) is 7.27. The fraction of sp³-hybridized carbons (Fsp3) is 0.487. The quantitative estimate of drug-likeness (QED) is 0.166. The largest absolute Gasteiger partial charge is 0.465 e. The van der Waals surface area contributed by atoms with Gasteiger partial charge in [-0.25, -0.2) is 4.98 Å². The first-order valence-corrected chi connectivity index (χ1v) is 17.4. The number of hydrogen-bond donors (Lipinski definition) is 2. The van der Waals surface area contributed by atoms with Crippen LogP contribution in [0.3, 0.4) is 0 Å². The van der Waals surface area contributed by atoms with Gasteiger partial charge < -0.3 is 19.3 Å². The van der Waals surface area contributed by atoms with E-state index in [2.05, 4.69) is 88.1 Å². The van der Waals surface area contributed by atoms with Crippen LogP contribution < -0.4 is 0 Å². The van der Waals surface area contributed by atoms with E-state index in [4.69, 9.17) is 9.72 Å². The Kier molecular flexibility index (Phi) is 9.91. The van der Waals surface area contributed by atoms with Crippen LogP contribution >= 0.6 is 0 Å². The van der Waals surface area contributed by atoms with Gasteiger partial charge in [0.1, 0.15) is 6.54 Å². The van der Waals surface area contributed by atoms with Crippen molar-refractivity contribution in [2.45, 2.75) is 120 Å². The maximum atomic E-state index is 13.3. The average Bonchev–Trinajstić information content (AvgIpc) is 3.74. The number of rotatable bonds is 11. The number of esters is 1. The fourth-order valence-electron chi connectivity index (χ4n) is 7.87. The van der Waals surface area contributed by atoms with E-state index in [-0.39, 0.29) is 12.5 Å². The number of ether oxygens (including phenoxy) is 1. The van der Waals surface area contributed by atoms with Crippen LogP contribution in [0.4, 0.5) is 0 Å². The van der Waals surface area contributed by atoms with Crippen molar-refractivity contribution in [2.24, 2.45) is 0 Å². The summed E-state index contributed by atoms with van der Waals surface area (Å²) >= 11 is 0. The van der Waals surface area contributed by atoms with Crippen LogP contribution in [0.25, 0.3) is 44.2 Å². The molecule has 2 N–H and O–H groups in total. The molecule has 5 heterocycles. The number of aryl methyl sites for hydroxylation is 6. The van der Waals surface area contributed by atoms with Crippen LogP contribution in [0.5, 0.6) is 0 Å². The minimum absolute atomic E-state index is 0.153. The summed E-state index contributed by atoms with van der Waals surface area (Å²) in [6.45, 7) is 20.3. The Morgan fingerprint density at radius 1 is 0.622 bits per heavy atom. The summed E-state index contributed by atoms with van der Waals surface area (Å²) in [4.78, 5) is 26.4. The highest BCUT2D eigenvalue weighted by Crippen LogP contribution is 2.40. The van der Waals surface area contributed by atoms with E-state index >= 15 is 0 Å². The molecule has 0 saturated heterocycles. The molecule has 1 aliphatic rings. The van der Waals surface area contributed by atoms with Crippen molar-refractivity contribution in [3.63, 3.8) is 0 Å². The molecule has 0 aliphatic carbocycles. The molecule has 0 amide bonds. The zero-order chi connectivity index (χ0) is 32.4. The molecule has 0 radical (unpaired) electrons. The summed E-state index contributed by atoms with van der Waals surface area (Å²) < 4.78 is 7.78. The third-order valence-corrected chi connectivity index (χ3v) is 9.78. The van der Waals surface area contributed by atoms with Gasteiger partial charge in [0.25, 0.3) is 0 Å². The Balaban J connectivity index is 2.14. The molecule has 240 valence electrons. The predicted octanol–water partition coefficient (Wildman–Crippen LogP) is 9.67. The third kappa shape index (κ3) is 5.51. The maximum absolute atomic E-state index is 13.3. The molecule has 0 atom stereocenters. The molecular weight excluding hydrogens is 556 g/mol. The topological polar surface area (TPSA) is 75.7 Å². The molecule has 4 aromatic rings. The molecule has 0 unspecified atom stereocenters. The van der Waals surface area contributed by atoms with Crippen LogP contribution in [0.2, 0.25) is 0 Å². The van der Waals surface area contributed by atoms with Gasteiger partial charge >= 0.3 is 5.97 Å². The molecule has 1 aliphatic heterocycles. The van der Waals surface area contributed by atoms with Gasteiger partial charge in [0.15, 0.2) is 0 Å². The Hall–Kier alpha value is -3.80. The lowest BCUT2D eigenvalue weighted by Crippen LogP contribution is -2.14. The number of hydrogen-bond acceptors (Lipinski definition) is 3. The Morgan fingerprint density at radius 3 is 1.58 bits per heavy atom. The number of nitrogens with zero attached hydrogens (tertiary/aromatic N) is 2. The summed E-state index contributed by atoms with van der Waals surface area (Å²) in [7, 11) is 0. The lowest BCUT2D eigenvalue weighted by atomic mass is 9.97. The van der Waals surface area contributed by atoms with E-state index in [0.29, 0.717) is 6.61 Å². The monoisotopic (exact) mass is 608 g/mol. The molecule has 0 fully saturated rings. The van der Waals surface area contributed by atoms with Crippen LogP contribution in [0.15, 0.2) is 18.2 Å². The third-order valence-electron chi connectivity index (χ3n) is 9.78. The lowest BCUT2D eigenvalue weighted by molar-refractivity contribution is -0.143. The van der Waals surface area contributed by atoms with Gasteiger partial charge in [-0.05, 0) is 121 Å². The zero-order valence-corrected chi connectivity index (χ0v) is 29.0. The zero-order valence-electron chi connectivity index (χ0n) is 29.0. The number of carbonyl (C=O) groups is 1. The van der Waals surface area contributed by atoms with E-state index in [9.17, 15) is 4.79 Å². The normalized spacial score (nSPS) is 12.6. The first kappa shape index (κ1) is 32.6. The standard InChI is InChI=1S/C39H52N4O2/c1-10-23-24(11-2)33-20-34-27(14-5)29(16-7)38(42-34)39-30(17-8)28(15-6)36(43(39)22-37(44)45-18-9)21-35-26(13-4)25(12-3)32(41-35)19-31(23)40-33/h19-21,40-41H,10-18,22H2,1-9H3. The van der Waals surface area contributed by atoms with Crippen molar-refractivity contribution in [3.05, 3.63) is 63.0 Å². The van der Waals surface area contributed by atoms with E-state index in [0.717, 1.165) is 90.3 Å². The lowest BCUT2D eigenvalue weighted by Gasteiger charge is -2.10. The number of H-pyrrole nitrogens is 2. The minimum Gasteiger partial charge on any atom is -0.465 e. The number of nitrogens with one attached hydrogen (secondary N) is 2. The molecule has 6 heteroatoms. The van der Waals surface area contributed by atoms with Crippen molar-refractivity contribution in [1.82, 2.24) is 19.5 Å². The van der Waals surface area contributed by atoms with Crippen LogP contribution in [0.1, 0.15) is 120 Å². The Morgan fingerprint density at radius 2 is 1.11 bits per heavy atom. The van der Waals surface area contributed by atoms with Crippen molar-refractivity contribution in [1.29, 1.82) is 0 Å². The molecule has 45 heavy (non-hydrogen) atoms. The highest BCUT2D eigenvalue weighted by atomic mass is 16.5. The SMILES string of the molecule is CCOC(=O)Cn1c2cc3[nH]c(cc4[nH]c(cc5nc(c1c(CC)c2CC)C(CC)=C5CC)c(CC)c4CC)c(CC)c3CC. The predicted molar refractivity (Wildman–Crippen MR) is 190 cm³/mol. The van der Waals surface area contributed by atoms with E-state index in [1.54, 1.807) is 0 Å². The summed E-state index contributed by atoms with van der Waals surface area (Å²) in [5.41, 5.74) is 19.4. The number of allylic oxidation sites excluding steroid dienone is 2. The number of fused-ring (bicyclic) bond motifs is 9. The van der Waals surface area contributed by atoms with Gasteiger partial charge in [-0.2, -0.15) is 0 Å². The smallest absolute Gasteiger partial charge is 0.325 e. The van der Waals surface area contributed by atoms with Crippen molar-refractivity contribution in [2.75, 3.05) is 6.61 Å². The molecule has 0 spiro atoms. The van der Waals surface area contributed by atoms with Gasteiger partial charge in [-0.15, -0.1) is 0 Å². The second-order valence-corrected chi connectivity index (χ2v) is 12.0. The van der Waals surface area contributed by atoms with Crippen LogP contribution in [-0.2, 0) is 54.6 Å². The van der Waals surface area contributed by atoms with Crippen molar-refractivity contribution >= 4 is 50.2 Å². The summed E-state index contributed by atoms with van der Waals surface area (Å²) in [5, 5.41) is 0. The van der Waals surface area contributed by atoms with Gasteiger partial charge in [-0.3, -0.25) is 4.79 Å². The van der Waals surface area contributed by atoms with Crippen LogP contribution in [0, 0.1) is 0 Å². The first-order chi connectivity index (χ1) is 21.8. The Labute approximate surface area is 268 Å². The number of aromatic amines is 2. The molecule has 0 saturated carbocycles. The molecule has 8 bridgehead atoms. The summed E-state index contributed by atoms with van der Waals surface area (Å²) in [6, 6.07) is 6.91. The van der Waals surface area contributed by atoms with E-state index in [1.807, 2.05) is 6.92 Å². The average molecular weight is 609 g/mol. The van der Waals surface area contributed by atoms with Crippen molar-refractivity contribution < 1.29 is 9.53 Å². The van der Waals surface area contributed by atoms with Gasteiger partial charge in [0.05, 0.1) is 23.5 Å². The second kappa shape index (κ2) is 13.7. The van der Waals surface area contributed by atoms with Crippen molar-refractivity contribution in [3.8, 4) is 0 Å². The molecule has 6 nitrogen and oxygen atoms in total. The number of carbonyl (C=O) groups excluding carboxylic acids is 1. The highest BCUT2D eigenvalue weighted by Gasteiger charge is 2.26. The molecular formula is C39H52N4O2.